The molecule has 1 heterocycles. The molecule has 1 atom stereocenters. The largest absolute Gasteiger partial charge is 0.494 e. The van der Waals surface area contributed by atoms with E-state index in [2.05, 4.69) is 4.98 Å². The van der Waals surface area contributed by atoms with Gasteiger partial charge < -0.3 is 14.6 Å². The summed E-state index contributed by atoms with van der Waals surface area (Å²) in [6.07, 6.45) is -0.140. The summed E-state index contributed by atoms with van der Waals surface area (Å²) in [5, 5.41) is 10.2. The second-order valence-corrected chi connectivity index (χ2v) is 7.58. The van der Waals surface area contributed by atoms with Crippen LogP contribution >= 0.6 is 22.9 Å². The fraction of sp³-hybridized carbons (Fsp3) is 0.200. The van der Waals surface area contributed by atoms with Gasteiger partial charge in [-0.3, -0.25) is 14.6 Å². The Hall–Kier alpha value is -2.77. The predicted octanol–water partition coefficient (Wildman–Crippen LogP) is 4.07. The molecule has 0 unspecified atom stereocenters. The van der Waals surface area contributed by atoms with E-state index in [1.54, 1.807) is 30.3 Å². The second kappa shape index (κ2) is 8.95. The standard InChI is InChI=1S/C20H18ClNO5S/c1-12(23)27-17(14-3-2-4-15(21)10-14)11-26-16-7-5-13(6-8-16)9-18-19(24)22-20(25)28-18/h2-8,10,17,24H,9,11H2,1H3,(H,22,25)/t17-/m0/s1. The van der Waals surface area contributed by atoms with Gasteiger partial charge in [0.25, 0.3) is 0 Å². The first-order chi connectivity index (χ1) is 13.4. The van der Waals surface area contributed by atoms with Gasteiger partial charge in [-0.1, -0.05) is 47.2 Å². The fourth-order valence-corrected chi connectivity index (χ4v) is 3.60. The zero-order chi connectivity index (χ0) is 20.1. The lowest BCUT2D eigenvalue weighted by Crippen LogP contribution is -2.16. The molecule has 2 aromatic carbocycles. The molecule has 3 rings (SSSR count). The van der Waals surface area contributed by atoms with E-state index in [1.807, 2.05) is 18.2 Å². The number of hydrogen-bond acceptors (Lipinski definition) is 6. The number of thiazole rings is 1. The summed E-state index contributed by atoms with van der Waals surface area (Å²) >= 11 is 7.00. The van der Waals surface area contributed by atoms with Gasteiger partial charge in [-0.05, 0) is 35.4 Å². The number of aromatic amines is 1. The lowest BCUT2D eigenvalue weighted by molar-refractivity contribution is -0.148. The minimum absolute atomic E-state index is 0.0962. The van der Waals surface area contributed by atoms with Crippen LogP contribution in [-0.2, 0) is 16.0 Å². The number of ether oxygens (including phenoxy) is 2. The van der Waals surface area contributed by atoms with Crippen LogP contribution in [-0.4, -0.2) is 22.7 Å². The Bertz CT molecular complexity index is 1010. The van der Waals surface area contributed by atoms with E-state index in [4.69, 9.17) is 21.1 Å². The van der Waals surface area contributed by atoms with E-state index in [1.165, 1.54) is 6.92 Å². The van der Waals surface area contributed by atoms with Crippen molar-refractivity contribution >= 4 is 28.9 Å². The average molecular weight is 420 g/mol. The van der Waals surface area contributed by atoms with Gasteiger partial charge in [0.05, 0.1) is 4.88 Å². The minimum Gasteiger partial charge on any atom is -0.494 e. The van der Waals surface area contributed by atoms with Crippen LogP contribution in [0, 0.1) is 0 Å². The number of H-pyrrole nitrogens is 1. The molecule has 1 aromatic heterocycles. The Morgan fingerprint density at radius 1 is 1.25 bits per heavy atom. The topological polar surface area (TPSA) is 88.6 Å². The van der Waals surface area contributed by atoms with E-state index in [9.17, 15) is 14.7 Å². The highest BCUT2D eigenvalue weighted by Crippen LogP contribution is 2.24. The zero-order valence-corrected chi connectivity index (χ0v) is 16.5. The molecule has 2 N–H and O–H groups in total. The third kappa shape index (κ3) is 5.37. The smallest absolute Gasteiger partial charge is 0.307 e. The van der Waals surface area contributed by atoms with Crippen molar-refractivity contribution in [2.75, 3.05) is 6.61 Å². The Morgan fingerprint density at radius 3 is 2.61 bits per heavy atom. The van der Waals surface area contributed by atoms with Crippen LogP contribution in [0.5, 0.6) is 11.6 Å². The Kier molecular flexibility index (Phi) is 6.38. The third-order valence-electron chi connectivity index (χ3n) is 3.92. The molecule has 0 amide bonds. The molecule has 0 saturated heterocycles. The number of benzene rings is 2. The van der Waals surface area contributed by atoms with E-state index < -0.39 is 12.1 Å². The maximum Gasteiger partial charge on any atom is 0.307 e. The highest BCUT2D eigenvalue weighted by molar-refractivity contribution is 7.09. The number of aromatic hydroxyl groups is 1. The number of rotatable bonds is 7. The van der Waals surface area contributed by atoms with Crippen molar-refractivity contribution in [3.63, 3.8) is 0 Å². The normalized spacial score (nSPS) is 11.8. The summed E-state index contributed by atoms with van der Waals surface area (Å²) in [6, 6.07) is 14.3. The second-order valence-electron chi connectivity index (χ2n) is 6.07. The number of aromatic nitrogens is 1. The molecule has 0 spiro atoms. The average Bonchev–Trinajstić information content (AvgIpc) is 2.96. The highest BCUT2D eigenvalue weighted by atomic mass is 35.5. The summed E-state index contributed by atoms with van der Waals surface area (Å²) in [5.74, 6) is 0.102. The van der Waals surface area contributed by atoms with Crippen LogP contribution in [0.25, 0.3) is 0 Å². The lowest BCUT2D eigenvalue weighted by Gasteiger charge is -2.18. The molecule has 0 aliphatic heterocycles. The number of halogens is 1. The van der Waals surface area contributed by atoms with Crippen LogP contribution in [0.2, 0.25) is 5.02 Å². The molecule has 0 radical (unpaired) electrons. The van der Waals surface area contributed by atoms with Crippen LogP contribution in [0.1, 0.15) is 29.0 Å². The van der Waals surface area contributed by atoms with Crippen molar-refractivity contribution in [2.45, 2.75) is 19.4 Å². The van der Waals surface area contributed by atoms with E-state index in [-0.39, 0.29) is 17.4 Å². The number of carbonyl (C=O) groups is 1. The minimum atomic E-state index is -0.579. The maximum atomic E-state index is 11.4. The third-order valence-corrected chi connectivity index (χ3v) is 5.03. The molecular weight excluding hydrogens is 402 g/mol. The van der Waals surface area contributed by atoms with Crippen LogP contribution in [0.3, 0.4) is 0 Å². The Labute approximate surface area is 170 Å². The summed E-state index contributed by atoms with van der Waals surface area (Å²) in [7, 11) is 0. The van der Waals surface area contributed by atoms with Crippen molar-refractivity contribution < 1.29 is 19.4 Å². The van der Waals surface area contributed by atoms with Gasteiger partial charge in [-0.2, -0.15) is 0 Å². The van der Waals surface area contributed by atoms with E-state index >= 15 is 0 Å². The van der Waals surface area contributed by atoms with Crippen LogP contribution in [0.15, 0.2) is 53.3 Å². The Balaban J connectivity index is 1.65. The molecule has 0 saturated carbocycles. The van der Waals surface area contributed by atoms with Gasteiger partial charge >= 0.3 is 10.8 Å². The number of carbonyl (C=O) groups excluding carboxylic acids is 1. The van der Waals surface area contributed by atoms with Gasteiger partial charge in [-0.15, -0.1) is 0 Å². The van der Waals surface area contributed by atoms with Crippen LogP contribution < -0.4 is 9.61 Å². The maximum absolute atomic E-state index is 11.4. The molecule has 28 heavy (non-hydrogen) atoms. The molecule has 0 aliphatic rings. The molecule has 0 aliphatic carbocycles. The Morgan fingerprint density at radius 2 is 2.00 bits per heavy atom. The monoisotopic (exact) mass is 419 g/mol. The quantitative estimate of drug-likeness (QED) is 0.563. The summed E-state index contributed by atoms with van der Waals surface area (Å²) in [5.41, 5.74) is 1.67. The highest BCUT2D eigenvalue weighted by Gasteiger charge is 2.16. The summed E-state index contributed by atoms with van der Waals surface area (Å²) in [4.78, 5) is 25.3. The van der Waals surface area contributed by atoms with E-state index in [0.717, 1.165) is 22.5 Å². The molecule has 6 nitrogen and oxygen atoms in total. The lowest BCUT2D eigenvalue weighted by atomic mass is 10.1. The van der Waals surface area contributed by atoms with E-state index in [0.29, 0.717) is 22.1 Å². The SMILES string of the molecule is CC(=O)O[C@@H](COc1ccc(Cc2sc(=O)[nH]c2O)cc1)c1cccc(Cl)c1. The first kappa shape index (κ1) is 20.0. The summed E-state index contributed by atoms with van der Waals surface area (Å²) in [6.45, 7) is 1.48. The molecule has 146 valence electrons. The molecular formula is C20H18ClNO5S. The first-order valence-electron chi connectivity index (χ1n) is 8.46. The molecule has 8 heteroatoms. The van der Waals surface area contributed by atoms with Gasteiger partial charge in [0.2, 0.25) is 5.88 Å². The first-order valence-corrected chi connectivity index (χ1v) is 9.65. The van der Waals surface area contributed by atoms with Gasteiger partial charge in [0.1, 0.15) is 12.4 Å². The molecule has 0 bridgehead atoms. The predicted molar refractivity (Wildman–Crippen MR) is 107 cm³/mol. The van der Waals surface area contributed by atoms with Crippen molar-refractivity contribution in [3.05, 3.63) is 79.2 Å². The van der Waals surface area contributed by atoms with Crippen molar-refractivity contribution in [1.29, 1.82) is 0 Å². The van der Waals surface area contributed by atoms with Gasteiger partial charge in [0, 0.05) is 18.4 Å². The fourth-order valence-electron chi connectivity index (χ4n) is 2.64. The van der Waals surface area contributed by atoms with Crippen LogP contribution in [0.4, 0.5) is 0 Å². The zero-order valence-electron chi connectivity index (χ0n) is 15.0. The van der Waals surface area contributed by atoms with Gasteiger partial charge in [0.15, 0.2) is 6.10 Å². The van der Waals surface area contributed by atoms with Crippen molar-refractivity contribution in [3.8, 4) is 11.6 Å². The van der Waals surface area contributed by atoms with Crippen molar-refractivity contribution in [1.82, 2.24) is 4.98 Å². The number of esters is 1. The number of hydrogen-bond donors (Lipinski definition) is 2. The molecule has 3 aromatic rings. The molecule has 0 fully saturated rings. The summed E-state index contributed by atoms with van der Waals surface area (Å²) < 4.78 is 11.1. The van der Waals surface area contributed by atoms with Gasteiger partial charge in [-0.25, -0.2) is 0 Å². The number of nitrogens with one attached hydrogen (secondary N) is 1. The van der Waals surface area contributed by atoms with Crippen molar-refractivity contribution in [2.24, 2.45) is 0 Å².